The minimum Gasteiger partial charge on any atom is -0.474 e. The Balaban J connectivity index is 2.59. The topological polar surface area (TPSA) is 83.8 Å². The molecule has 0 saturated carbocycles. The molecule has 2 aromatic heterocycles. The smallest absolute Gasteiger partial charge is 0.223 e. The van der Waals surface area contributed by atoms with Crippen LogP contribution in [0.15, 0.2) is 23.6 Å². The van der Waals surface area contributed by atoms with Crippen molar-refractivity contribution >= 4 is 22.4 Å². The number of azide groups is 1. The molecular weight excluding hydrogens is 338 g/mol. The van der Waals surface area contributed by atoms with E-state index in [0.29, 0.717) is 23.4 Å². The summed E-state index contributed by atoms with van der Waals surface area (Å²) in [4.78, 5) is 11.7. The summed E-state index contributed by atoms with van der Waals surface area (Å²) in [5.41, 5.74) is 9.05. The van der Waals surface area contributed by atoms with Gasteiger partial charge < -0.3 is 4.74 Å². The minimum atomic E-state index is -0.716. The summed E-state index contributed by atoms with van der Waals surface area (Å²) in [6.45, 7) is 10.2. The number of rotatable bonds is 7. The van der Waals surface area contributed by atoms with E-state index in [4.69, 9.17) is 21.9 Å². The van der Waals surface area contributed by atoms with Crippen LogP contribution in [-0.4, -0.2) is 16.1 Å². The zero-order valence-corrected chi connectivity index (χ0v) is 16.1. The number of ether oxygens (including phenoxy) is 1. The van der Waals surface area contributed by atoms with Crippen LogP contribution < -0.4 is 4.74 Å². The molecule has 0 aliphatic carbocycles. The van der Waals surface area contributed by atoms with Crippen molar-refractivity contribution in [2.24, 2.45) is 11.0 Å². The van der Waals surface area contributed by atoms with Gasteiger partial charge >= 0.3 is 0 Å². The van der Waals surface area contributed by atoms with E-state index in [1.54, 1.807) is 18.5 Å². The molecule has 6 nitrogen and oxygen atoms in total. The Morgan fingerprint density at radius 3 is 2.60 bits per heavy atom. The molecule has 134 valence electrons. The number of halogens is 1. The molecule has 0 radical (unpaired) electrons. The van der Waals surface area contributed by atoms with E-state index < -0.39 is 5.54 Å². The molecule has 2 rings (SSSR count). The molecule has 0 aromatic carbocycles. The fourth-order valence-corrected chi connectivity index (χ4v) is 3.08. The van der Waals surface area contributed by atoms with Gasteiger partial charge in [-0.25, -0.2) is 9.97 Å². The maximum atomic E-state index is 8.95. The lowest BCUT2D eigenvalue weighted by Gasteiger charge is -2.25. The molecule has 0 N–H and O–H groups in total. The van der Waals surface area contributed by atoms with E-state index >= 15 is 0 Å². The Kier molecular flexibility index (Phi) is 6.09. The van der Waals surface area contributed by atoms with Gasteiger partial charge in [0, 0.05) is 17.3 Å². The SMILES string of the molecule is CC[C@](C)(N=[N+]=[N-])c1cnc(O[C@@H](C)CC(C)C)c2cnc(Cl)cc12. The van der Waals surface area contributed by atoms with Gasteiger partial charge in [-0.1, -0.05) is 37.5 Å². The lowest BCUT2D eigenvalue weighted by atomic mass is 9.88. The van der Waals surface area contributed by atoms with Gasteiger partial charge in [-0.15, -0.1) is 0 Å². The summed E-state index contributed by atoms with van der Waals surface area (Å²) in [6, 6.07) is 1.77. The lowest BCUT2D eigenvalue weighted by molar-refractivity contribution is 0.188. The first kappa shape index (κ1) is 19.3. The Labute approximate surface area is 153 Å². The van der Waals surface area contributed by atoms with Crippen LogP contribution in [0.25, 0.3) is 21.2 Å². The quantitative estimate of drug-likeness (QED) is 0.261. The van der Waals surface area contributed by atoms with Crippen molar-refractivity contribution in [2.45, 2.75) is 59.1 Å². The van der Waals surface area contributed by atoms with E-state index in [2.05, 4.69) is 33.8 Å². The van der Waals surface area contributed by atoms with Gasteiger partial charge in [0.05, 0.1) is 17.0 Å². The third kappa shape index (κ3) is 4.33. The van der Waals surface area contributed by atoms with Gasteiger partial charge in [-0.05, 0) is 55.2 Å². The van der Waals surface area contributed by atoms with Crippen molar-refractivity contribution < 1.29 is 4.74 Å². The summed E-state index contributed by atoms with van der Waals surface area (Å²) >= 11 is 6.11. The van der Waals surface area contributed by atoms with Gasteiger partial charge in [-0.3, -0.25) is 0 Å². The van der Waals surface area contributed by atoms with Crippen LogP contribution in [0.2, 0.25) is 5.15 Å². The van der Waals surface area contributed by atoms with Crippen LogP contribution in [0.1, 0.15) is 53.0 Å². The number of hydrogen-bond donors (Lipinski definition) is 0. The second kappa shape index (κ2) is 7.89. The molecule has 2 aromatic rings. The first-order valence-corrected chi connectivity index (χ1v) is 8.86. The Hall–Kier alpha value is -2.04. The van der Waals surface area contributed by atoms with Gasteiger partial charge in [0.2, 0.25) is 5.88 Å². The minimum absolute atomic E-state index is 0.0342. The summed E-state index contributed by atoms with van der Waals surface area (Å²) < 4.78 is 6.04. The van der Waals surface area contributed by atoms with Crippen molar-refractivity contribution in [1.29, 1.82) is 0 Å². The van der Waals surface area contributed by atoms with Gasteiger partial charge in [0.25, 0.3) is 0 Å². The molecule has 2 atom stereocenters. The molecule has 25 heavy (non-hydrogen) atoms. The van der Waals surface area contributed by atoms with Gasteiger partial charge in [-0.2, -0.15) is 0 Å². The molecule has 0 amide bonds. The van der Waals surface area contributed by atoms with Crippen LogP contribution in [0.5, 0.6) is 5.88 Å². The number of fused-ring (bicyclic) bond motifs is 1. The highest BCUT2D eigenvalue weighted by Crippen LogP contribution is 2.37. The first-order valence-electron chi connectivity index (χ1n) is 8.48. The lowest BCUT2D eigenvalue weighted by Crippen LogP contribution is -2.19. The Morgan fingerprint density at radius 1 is 1.28 bits per heavy atom. The zero-order chi connectivity index (χ0) is 18.6. The van der Waals surface area contributed by atoms with Crippen LogP contribution >= 0.6 is 11.6 Å². The third-order valence-electron chi connectivity index (χ3n) is 4.35. The molecule has 0 fully saturated rings. The van der Waals surface area contributed by atoms with E-state index in [1.165, 1.54) is 0 Å². The number of pyridine rings is 2. The Morgan fingerprint density at radius 2 is 2.00 bits per heavy atom. The van der Waals surface area contributed by atoms with Gasteiger partial charge in [0.1, 0.15) is 5.15 Å². The number of hydrogen-bond acceptors (Lipinski definition) is 4. The third-order valence-corrected chi connectivity index (χ3v) is 4.56. The van der Waals surface area contributed by atoms with Crippen LogP contribution in [0, 0.1) is 5.92 Å². The average Bonchev–Trinajstić information content (AvgIpc) is 2.54. The number of aromatic nitrogens is 2. The highest BCUT2D eigenvalue weighted by Gasteiger charge is 2.27. The van der Waals surface area contributed by atoms with Crippen molar-refractivity contribution in [3.05, 3.63) is 39.6 Å². The first-order chi connectivity index (χ1) is 11.8. The van der Waals surface area contributed by atoms with Gasteiger partial charge in [0.15, 0.2) is 0 Å². The maximum Gasteiger partial charge on any atom is 0.223 e. The molecule has 0 bridgehead atoms. The summed E-state index contributed by atoms with van der Waals surface area (Å²) in [5.74, 6) is 1.05. The standard InChI is InChI=1S/C18H24ClN5O/c1-6-18(5,23-24-20)15-10-22-17(25-12(4)7-11(2)3)14-9-21-16(19)8-13(14)15/h8-12H,6-7H2,1-5H3/t12-,18-/m0/s1. The molecule has 0 unspecified atom stereocenters. The number of nitrogens with zero attached hydrogens (tertiary/aromatic N) is 5. The second-order valence-corrected chi connectivity index (χ2v) is 7.29. The molecular formula is C18H24ClN5O. The molecule has 2 heterocycles. The summed E-state index contributed by atoms with van der Waals surface area (Å²) in [5, 5.41) is 5.98. The highest BCUT2D eigenvalue weighted by molar-refractivity contribution is 6.30. The second-order valence-electron chi connectivity index (χ2n) is 6.90. The van der Waals surface area contributed by atoms with E-state index in [9.17, 15) is 0 Å². The largest absolute Gasteiger partial charge is 0.474 e. The van der Waals surface area contributed by atoms with Crippen LogP contribution in [0.4, 0.5) is 0 Å². The van der Waals surface area contributed by atoms with Crippen molar-refractivity contribution in [1.82, 2.24) is 9.97 Å². The average molecular weight is 362 g/mol. The molecule has 0 aliphatic heterocycles. The normalized spacial score (nSPS) is 14.8. The van der Waals surface area contributed by atoms with E-state index in [1.807, 2.05) is 20.8 Å². The maximum absolute atomic E-state index is 8.95. The van der Waals surface area contributed by atoms with Crippen LogP contribution in [-0.2, 0) is 5.54 Å². The molecule has 0 saturated heterocycles. The molecule has 0 aliphatic rings. The Bertz CT molecular complexity index is 803. The van der Waals surface area contributed by atoms with Crippen molar-refractivity contribution in [3.63, 3.8) is 0 Å². The summed E-state index contributed by atoms with van der Waals surface area (Å²) in [7, 11) is 0. The fraction of sp³-hybridized carbons (Fsp3) is 0.556. The van der Waals surface area contributed by atoms with E-state index in [0.717, 1.165) is 22.8 Å². The van der Waals surface area contributed by atoms with Crippen molar-refractivity contribution in [2.75, 3.05) is 0 Å². The zero-order valence-electron chi connectivity index (χ0n) is 15.3. The molecule has 7 heteroatoms. The monoisotopic (exact) mass is 361 g/mol. The predicted octanol–water partition coefficient (Wildman–Crippen LogP) is 6.03. The summed E-state index contributed by atoms with van der Waals surface area (Å²) in [6.07, 6.45) is 4.98. The molecule has 0 spiro atoms. The fourth-order valence-electron chi connectivity index (χ4n) is 2.92. The van der Waals surface area contributed by atoms with E-state index in [-0.39, 0.29) is 6.10 Å². The van der Waals surface area contributed by atoms with Crippen molar-refractivity contribution in [3.8, 4) is 5.88 Å². The predicted molar refractivity (Wildman–Crippen MR) is 101 cm³/mol. The highest BCUT2D eigenvalue weighted by atomic mass is 35.5. The van der Waals surface area contributed by atoms with Crippen LogP contribution in [0.3, 0.4) is 0 Å².